The molecule has 2 aromatic rings. The van der Waals surface area contributed by atoms with Crippen LogP contribution in [0.15, 0.2) is 24.3 Å². The summed E-state index contributed by atoms with van der Waals surface area (Å²) in [6.45, 7) is 8.44. The molecule has 0 saturated carbocycles. The van der Waals surface area contributed by atoms with Gasteiger partial charge in [0.1, 0.15) is 5.01 Å². The Balaban J connectivity index is 1.85. The summed E-state index contributed by atoms with van der Waals surface area (Å²) in [4.78, 5) is 2.30. The first-order valence-electron chi connectivity index (χ1n) is 6.20. The molecule has 3 nitrogen and oxygen atoms in total. The number of anilines is 1. The van der Waals surface area contributed by atoms with Crippen LogP contribution >= 0.6 is 11.3 Å². The van der Waals surface area contributed by atoms with Crippen LogP contribution in [0.4, 0.5) is 5.13 Å². The van der Waals surface area contributed by atoms with E-state index in [-0.39, 0.29) is 5.41 Å². The number of aromatic nitrogens is 2. The fourth-order valence-electron chi connectivity index (χ4n) is 2.11. The average Bonchev–Trinajstić information content (AvgIpc) is 2.94. The summed E-state index contributed by atoms with van der Waals surface area (Å²) in [5, 5.41) is 10.8. The van der Waals surface area contributed by atoms with Crippen molar-refractivity contribution in [1.29, 1.82) is 0 Å². The van der Waals surface area contributed by atoms with E-state index in [1.165, 1.54) is 11.1 Å². The second-order valence-corrected chi connectivity index (χ2v) is 6.72. The van der Waals surface area contributed by atoms with Gasteiger partial charge in [-0.05, 0) is 11.1 Å². The van der Waals surface area contributed by atoms with Gasteiger partial charge in [-0.2, -0.15) is 0 Å². The third-order valence-corrected chi connectivity index (χ3v) is 4.58. The van der Waals surface area contributed by atoms with Crippen molar-refractivity contribution in [1.82, 2.24) is 10.2 Å². The van der Waals surface area contributed by atoms with E-state index in [4.69, 9.17) is 0 Å². The summed E-state index contributed by atoms with van der Waals surface area (Å²) >= 11 is 1.71. The maximum absolute atomic E-state index is 4.34. The van der Waals surface area contributed by atoms with Crippen LogP contribution in [-0.2, 0) is 18.5 Å². The first-order chi connectivity index (χ1) is 8.54. The van der Waals surface area contributed by atoms with Crippen LogP contribution < -0.4 is 4.90 Å². The van der Waals surface area contributed by atoms with E-state index < -0.39 is 0 Å². The minimum absolute atomic E-state index is 0.0858. The highest BCUT2D eigenvalue weighted by atomic mass is 32.1. The molecule has 0 spiro atoms. The van der Waals surface area contributed by atoms with Gasteiger partial charge in [0, 0.05) is 18.5 Å². The number of benzene rings is 1. The molecule has 0 N–H and O–H groups in total. The fraction of sp³-hybridized carbons (Fsp3) is 0.429. The van der Waals surface area contributed by atoms with Gasteiger partial charge in [0.2, 0.25) is 5.13 Å². The fourth-order valence-corrected chi connectivity index (χ4v) is 3.02. The summed E-state index contributed by atoms with van der Waals surface area (Å²) in [5.41, 5.74) is 2.90. The van der Waals surface area contributed by atoms with Crippen molar-refractivity contribution in [3.63, 3.8) is 0 Å². The SMILES string of the molecule is CC(C)(C)c1nnc(N2Cc3ccccc3C2)s1. The largest absolute Gasteiger partial charge is 0.338 e. The monoisotopic (exact) mass is 259 g/mol. The number of hydrogen-bond donors (Lipinski definition) is 0. The normalized spacial score (nSPS) is 14.9. The van der Waals surface area contributed by atoms with E-state index in [1.54, 1.807) is 11.3 Å². The van der Waals surface area contributed by atoms with Crippen LogP contribution in [0.2, 0.25) is 0 Å². The summed E-state index contributed by atoms with van der Waals surface area (Å²) < 4.78 is 0. The van der Waals surface area contributed by atoms with Crippen molar-refractivity contribution in [3.05, 3.63) is 40.4 Å². The van der Waals surface area contributed by atoms with Crippen LogP contribution in [0, 0.1) is 0 Å². The molecule has 0 aliphatic carbocycles. The van der Waals surface area contributed by atoms with Gasteiger partial charge in [0.05, 0.1) is 0 Å². The molecule has 1 aliphatic rings. The zero-order chi connectivity index (χ0) is 12.8. The van der Waals surface area contributed by atoms with Gasteiger partial charge < -0.3 is 4.90 Å². The van der Waals surface area contributed by atoms with Crippen molar-refractivity contribution >= 4 is 16.5 Å². The van der Waals surface area contributed by atoms with Crippen LogP contribution in [0.25, 0.3) is 0 Å². The molecule has 94 valence electrons. The van der Waals surface area contributed by atoms with Crippen LogP contribution in [0.5, 0.6) is 0 Å². The van der Waals surface area contributed by atoms with E-state index in [0.29, 0.717) is 0 Å². The summed E-state index contributed by atoms with van der Waals surface area (Å²) in [5.74, 6) is 0. The summed E-state index contributed by atoms with van der Waals surface area (Å²) in [6, 6.07) is 8.59. The van der Waals surface area contributed by atoms with E-state index in [0.717, 1.165) is 23.2 Å². The number of nitrogens with zero attached hydrogens (tertiary/aromatic N) is 3. The predicted molar refractivity (Wildman–Crippen MR) is 74.9 cm³/mol. The molecule has 18 heavy (non-hydrogen) atoms. The van der Waals surface area contributed by atoms with Crippen LogP contribution in [0.3, 0.4) is 0 Å². The molecule has 0 bridgehead atoms. The van der Waals surface area contributed by atoms with Crippen molar-refractivity contribution in [2.24, 2.45) is 0 Å². The summed E-state index contributed by atoms with van der Waals surface area (Å²) in [7, 11) is 0. The smallest absolute Gasteiger partial charge is 0.208 e. The van der Waals surface area contributed by atoms with Crippen molar-refractivity contribution < 1.29 is 0 Å². The molecule has 0 saturated heterocycles. The first kappa shape index (κ1) is 11.7. The Morgan fingerprint density at radius 3 is 2.17 bits per heavy atom. The van der Waals surface area contributed by atoms with Gasteiger partial charge in [-0.25, -0.2) is 0 Å². The minimum atomic E-state index is 0.0858. The van der Waals surface area contributed by atoms with Crippen LogP contribution in [-0.4, -0.2) is 10.2 Å². The molecule has 2 heterocycles. The molecule has 0 unspecified atom stereocenters. The molecule has 0 radical (unpaired) electrons. The van der Waals surface area contributed by atoms with Gasteiger partial charge in [-0.15, -0.1) is 10.2 Å². The lowest BCUT2D eigenvalue weighted by Gasteiger charge is -2.14. The zero-order valence-electron chi connectivity index (χ0n) is 11.0. The maximum Gasteiger partial charge on any atom is 0.208 e. The lowest BCUT2D eigenvalue weighted by atomic mass is 9.98. The topological polar surface area (TPSA) is 29.0 Å². The Hall–Kier alpha value is -1.42. The molecule has 4 heteroatoms. The molecule has 3 rings (SSSR count). The number of rotatable bonds is 1. The molecular weight excluding hydrogens is 242 g/mol. The van der Waals surface area contributed by atoms with Crippen LogP contribution in [0.1, 0.15) is 36.9 Å². The quantitative estimate of drug-likeness (QED) is 0.786. The highest BCUT2D eigenvalue weighted by Crippen LogP contribution is 2.33. The van der Waals surface area contributed by atoms with E-state index in [2.05, 4.69) is 60.1 Å². The number of fused-ring (bicyclic) bond motifs is 1. The zero-order valence-corrected chi connectivity index (χ0v) is 11.8. The second-order valence-electron chi connectivity index (χ2n) is 5.76. The predicted octanol–water partition coefficient (Wildman–Crippen LogP) is 3.36. The van der Waals surface area contributed by atoms with Gasteiger partial charge >= 0.3 is 0 Å². The number of hydrogen-bond acceptors (Lipinski definition) is 4. The molecule has 0 atom stereocenters. The highest BCUT2D eigenvalue weighted by molar-refractivity contribution is 7.15. The van der Waals surface area contributed by atoms with Gasteiger partial charge in [0.15, 0.2) is 0 Å². The Kier molecular flexibility index (Phi) is 2.63. The maximum atomic E-state index is 4.34. The Morgan fingerprint density at radius 2 is 1.67 bits per heavy atom. The molecule has 1 aromatic carbocycles. The summed E-state index contributed by atoms with van der Waals surface area (Å²) in [6.07, 6.45) is 0. The third-order valence-electron chi connectivity index (χ3n) is 3.17. The molecular formula is C14H17N3S. The molecule has 0 amide bonds. The Bertz CT molecular complexity index is 543. The lowest BCUT2D eigenvalue weighted by Crippen LogP contribution is -2.13. The van der Waals surface area contributed by atoms with Gasteiger partial charge in [-0.1, -0.05) is 56.4 Å². The van der Waals surface area contributed by atoms with E-state index >= 15 is 0 Å². The molecule has 1 aromatic heterocycles. The highest BCUT2D eigenvalue weighted by Gasteiger charge is 2.25. The first-order valence-corrected chi connectivity index (χ1v) is 7.01. The van der Waals surface area contributed by atoms with E-state index in [9.17, 15) is 0 Å². The Labute approximate surface area is 111 Å². The van der Waals surface area contributed by atoms with Crippen molar-refractivity contribution in [2.45, 2.75) is 39.3 Å². The van der Waals surface area contributed by atoms with E-state index in [1.807, 2.05) is 0 Å². The third kappa shape index (κ3) is 2.01. The second kappa shape index (κ2) is 4.05. The molecule has 0 fully saturated rings. The molecule has 1 aliphatic heterocycles. The van der Waals surface area contributed by atoms with Gasteiger partial charge in [-0.3, -0.25) is 0 Å². The minimum Gasteiger partial charge on any atom is -0.338 e. The van der Waals surface area contributed by atoms with Gasteiger partial charge in [0.25, 0.3) is 0 Å². The van der Waals surface area contributed by atoms with Crippen molar-refractivity contribution in [3.8, 4) is 0 Å². The van der Waals surface area contributed by atoms with Crippen molar-refractivity contribution in [2.75, 3.05) is 4.90 Å². The Morgan fingerprint density at radius 1 is 1.06 bits per heavy atom. The standard InChI is InChI=1S/C14H17N3S/c1-14(2,3)12-15-16-13(18-12)17-8-10-6-4-5-7-11(10)9-17/h4-7H,8-9H2,1-3H3. The average molecular weight is 259 g/mol. The lowest BCUT2D eigenvalue weighted by molar-refractivity contribution is 0.578.